The van der Waals surface area contributed by atoms with Crippen molar-refractivity contribution >= 4 is 17.7 Å². The average Bonchev–Trinajstić information content (AvgIpc) is 2.14. The minimum absolute atomic E-state index is 0.377. The molecule has 0 aliphatic heterocycles. The van der Waals surface area contributed by atoms with Gasteiger partial charge in [-0.2, -0.15) is 0 Å². The Labute approximate surface area is 89.2 Å². The van der Waals surface area contributed by atoms with Crippen molar-refractivity contribution in [3.63, 3.8) is 0 Å². The summed E-state index contributed by atoms with van der Waals surface area (Å²) in [6, 6.07) is 5.58. The molecule has 0 spiro atoms. The van der Waals surface area contributed by atoms with Gasteiger partial charge in [0.05, 0.1) is 0 Å². The lowest BCUT2D eigenvalue weighted by atomic mass is 9.99. The zero-order valence-corrected chi connectivity index (χ0v) is 8.90. The molecule has 3 heteroatoms. The number of hydrogen-bond acceptors (Lipinski definition) is 2. The zero-order chi connectivity index (χ0) is 11.4. The monoisotopic (exact) mass is 205 g/mol. The highest BCUT2D eigenvalue weighted by atomic mass is 16.4. The largest absolute Gasteiger partial charge is 0.478 e. The van der Waals surface area contributed by atoms with Gasteiger partial charge < -0.3 is 10.8 Å². The Morgan fingerprint density at radius 3 is 2.60 bits per heavy atom. The lowest BCUT2D eigenvalue weighted by molar-refractivity contribution is -0.131. The van der Waals surface area contributed by atoms with E-state index in [-0.39, 0.29) is 0 Å². The van der Waals surface area contributed by atoms with Crippen LogP contribution in [0.1, 0.15) is 30.9 Å². The summed E-state index contributed by atoms with van der Waals surface area (Å²) in [6.45, 7) is 4.14. The summed E-state index contributed by atoms with van der Waals surface area (Å²) in [5.74, 6) is -0.580. The van der Waals surface area contributed by atoms with Crippen LogP contribution in [0, 0.1) is 0 Å². The van der Waals surface area contributed by atoms with Gasteiger partial charge in [-0.3, -0.25) is 0 Å². The fraction of sp³-hybridized carbons (Fsp3) is 0.250. The molecule has 0 fully saturated rings. The van der Waals surface area contributed by atoms with Gasteiger partial charge in [0, 0.05) is 11.8 Å². The predicted octanol–water partition coefficient (Wildman–Crippen LogP) is 2.49. The zero-order valence-electron chi connectivity index (χ0n) is 8.90. The Morgan fingerprint density at radius 2 is 2.13 bits per heavy atom. The van der Waals surface area contributed by atoms with E-state index in [9.17, 15) is 4.79 Å². The molecule has 1 aromatic rings. The van der Waals surface area contributed by atoms with Gasteiger partial charge in [-0.15, -0.1) is 0 Å². The molecule has 80 valence electrons. The number of nitrogen functional groups attached to an aromatic ring is 1. The van der Waals surface area contributed by atoms with Crippen LogP contribution in [0.5, 0.6) is 0 Å². The van der Waals surface area contributed by atoms with E-state index in [1.807, 2.05) is 12.1 Å². The second kappa shape index (κ2) is 4.64. The Balaban J connectivity index is 2.96. The Morgan fingerprint density at radius 1 is 1.47 bits per heavy atom. The molecule has 0 unspecified atom stereocenters. The summed E-state index contributed by atoms with van der Waals surface area (Å²) in [7, 11) is 0. The van der Waals surface area contributed by atoms with E-state index in [0.29, 0.717) is 11.6 Å². The van der Waals surface area contributed by atoms with Crippen molar-refractivity contribution in [2.45, 2.75) is 19.8 Å². The predicted molar refractivity (Wildman–Crippen MR) is 61.6 cm³/mol. The Kier molecular flexibility index (Phi) is 3.50. The molecular formula is C12H15NO2. The number of anilines is 1. The number of hydrogen-bond donors (Lipinski definition) is 2. The van der Waals surface area contributed by atoms with Crippen LogP contribution in [-0.4, -0.2) is 11.1 Å². The van der Waals surface area contributed by atoms with Gasteiger partial charge in [0.25, 0.3) is 0 Å². The summed E-state index contributed by atoms with van der Waals surface area (Å²) in [5.41, 5.74) is 8.44. The summed E-state index contributed by atoms with van der Waals surface area (Å²) >= 11 is 0. The third-order valence-electron chi connectivity index (χ3n) is 2.15. The fourth-order valence-corrected chi connectivity index (χ4v) is 1.39. The topological polar surface area (TPSA) is 63.3 Å². The molecule has 0 heterocycles. The van der Waals surface area contributed by atoms with Crippen molar-refractivity contribution < 1.29 is 9.90 Å². The van der Waals surface area contributed by atoms with Crippen molar-refractivity contribution in [2.75, 3.05) is 5.73 Å². The van der Waals surface area contributed by atoms with Gasteiger partial charge in [0.2, 0.25) is 0 Å². The molecule has 0 radical (unpaired) electrons. The van der Waals surface area contributed by atoms with E-state index in [1.165, 1.54) is 6.08 Å². The first-order chi connectivity index (χ1) is 7.00. The van der Waals surface area contributed by atoms with Gasteiger partial charge in [-0.1, -0.05) is 26.0 Å². The van der Waals surface area contributed by atoms with Crippen LogP contribution in [0.4, 0.5) is 5.69 Å². The van der Waals surface area contributed by atoms with Crippen molar-refractivity contribution in [1.82, 2.24) is 0 Å². The van der Waals surface area contributed by atoms with Crippen LogP contribution >= 0.6 is 0 Å². The number of aliphatic carboxylic acids is 1. The molecule has 15 heavy (non-hydrogen) atoms. The molecule has 0 saturated carbocycles. The summed E-state index contributed by atoms with van der Waals surface area (Å²) in [4.78, 5) is 10.3. The van der Waals surface area contributed by atoms with Crippen molar-refractivity contribution in [1.29, 1.82) is 0 Å². The van der Waals surface area contributed by atoms with Crippen molar-refractivity contribution in [3.05, 3.63) is 35.4 Å². The van der Waals surface area contributed by atoms with Crippen LogP contribution in [-0.2, 0) is 4.79 Å². The lowest BCUT2D eigenvalue weighted by Crippen LogP contribution is -1.96. The van der Waals surface area contributed by atoms with Gasteiger partial charge in [-0.05, 0) is 29.2 Å². The van der Waals surface area contributed by atoms with Crippen LogP contribution in [0.15, 0.2) is 24.3 Å². The van der Waals surface area contributed by atoms with E-state index < -0.39 is 5.97 Å². The van der Waals surface area contributed by atoms with Gasteiger partial charge in [0.1, 0.15) is 0 Å². The third-order valence-corrected chi connectivity index (χ3v) is 2.15. The first-order valence-electron chi connectivity index (χ1n) is 4.81. The lowest BCUT2D eigenvalue weighted by Gasteiger charge is -2.09. The van der Waals surface area contributed by atoms with E-state index in [4.69, 9.17) is 10.8 Å². The molecule has 1 rings (SSSR count). The highest BCUT2D eigenvalue weighted by molar-refractivity contribution is 5.85. The molecular weight excluding hydrogens is 190 g/mol. The molecule has 3 nitrogen and oxygen atoms in total. The minimum Gasteiger partial charge on any atom is -0.478 e. The molecule has 0 saturated heterocycles. The highest BCUT2D eigenvalue weighted by Gasteiger charge is 2.03. The molecule has 0 aliphatic carbocycles. The maximum atomic E-state index is 10.3. The number of rotatable bonds is 3. The number of benzene rings is 1. The van der Waals surface area contributed by atoms with Crippen molar-refractivity contribution in [3.8, 4) is 0 Å². The SMILES string of the molecule is CC(C)c1ccc(C=CC(=O)O)cc1N. The fourth-order valence-electron chi connectivity index (χ4n) is 1.39. The van der Waals surface area contributed by atoms with E-state index in [1.54, 1.807) is 6.07 Å². The summed E-state index contributed by atoms with van der Waals surface area (Å²) < 4.78 is 0. The summed E-state index contributed by atoms with van der Waals surface area (Å²) in [5, 5.41) is 8.47. The second-order valence-corrected chi connectivity index (χ2v) is 3.71. The van der Waals surface area contributed by atoms with Gasteiger partial charge >= 0.3 is 5.97 Å². The molecule has 1 aromatic carbocycles. The number of nitrogens with two attached hydrogens (primary N) is 1. The third kappa shape index (κ3) is 3.13. The molecule has 3 N–H and O–H groups in total. The quantitative estimate of drug-likeness (QED) is 0.588. The molecule has 0 atom stereocenters. The number of carbonyl (C=O) groups is 1. The van der Waals surface area contributed by atoms with Crippen LogP contribution < -0.4 is 5.73 Å². The second-order valence-electron chi connectivity index (χ2n) is 3.71. The molecule has 0 amide bonds. The highest BCUT2D eigenvalue weighted by Crippen LogP contribution is 2.23. The van der Waals surface area contributed by atoms with Gasteiger partial charge in [-0.25, -0.2) is 4.79 Å². The molecule has 0 aliphatic rings. The van der Waals surface area contributed by atoms with Gasteiger partial charge in [0.15, 0.2) is 0 Å². The standard InChI is InChI=1S/C12H15NO2/c1-8(2)10-5-3-9(7-11(10)13)4-6-12(14)15/h3-8H,13H2,1-2H3,(H,14,15). The minimum atomic E-state index is -0.957. The Bertz CT molecular complexity index is 395. The van der Waals surface area contributed by atoms with E-state index >= 15 is 0 Å². The normalized spacial score (nSPS) is 11.1. The van der Waals surface area contributed by atoms with E-state index in [0.717, 1.165) is 17.2 Å². The average molecular weight is 205 g/mol. The van der Waals surface area contributed by atoms with Crippen molar-refractivity contribution in [2.24, 2.45) is 0 Å². The first kappa shape index (κ1) is 11.3. The van der Waals surface area contributed by atoms with Crippen LogP contribution in [0.3, 0.4) is 0 Å². The summed E-state index contributed by atoms with van der Waals surface area (Å²) in [6.07, 6.45) is 2.63. The first-order valence-corrected chi connectivity index (χ1v) is 4.81. The molecule has 0 bridgehead atoms. The van der Waals surface area contributed by atoms with Crippen LogP contribution in [0.25, 0.3) is 6.08 Å². The maximum Gasteiger partial charge on any atom is 0.328 e. The van der Waals surface area contributed by atoms with Crippen LogP contribution in [0.2, 0.25) is 0 Å². The number of carboxylic acids is 1. The number of carboxylic acid groups (broad SMARTS) is 1. The maximum absolute atomic E-state index is 10.3. The smallest absolute Gasteiger partial charge is 0.328 e. The Hall–Kier alpha value is -1.77. The molecule has 0 aromatic heterocycles. The van der Waals surface area contributed by atoms with E-state index in [2.05, 4.69) is 13.8 Å².